The second-order valence-corrected chi connectivity index (χ2v) is 5.50. The third-order valence-electron chi connectivity index (χ3n) is 4.20. The first-order chi connectivity index (χ1) is 8.20. The van der Waals surface area contributed by atoms with Gasteiger partial charge in [0.15, 0.2) is 0 Å². The Morgan fingerprint density at radius 3 is 2.71 bits per heavy atom. The molecule has 98 valence electrons. The van der Waals surface area contributed by atoms with Crippen molar-refractivity contribution in [3.8, 4) is 0 Å². The van der Waals surface area contributed by atoms with Gasteiger partial charge in [-0.1, -0.05) is 12.8 Å². The van der Waals surface area contributed by atoms with Gasteiger partial charge >= 0.3 is 0 Å². The van der Waals surface area contributed by atoms with E-state index in [2.05, 4.69) is 10.2 Å². The molecule has 17 heavy (non-hydrogen) atoms. The van der Waals surface area contributed by atoms with Gasteiger partial charge in [-0.3, -0.25) is 9.69 Å². The van der Waals surface area contributed by atoms with Crippen molar-refractivity contribution in [1.82, 2.24) is 10.2 Å². The summed E-state index contributed by atoms with van der Waals surface area (Å²) in [5, 5.41) is 12.3. The van der Waals surface area contributed by atoms with E-state index in [1.807, 2.05) is 6.92 Å². The quantitative estimate of drug-likeness (QED) is 0.762. The van der Waals surface area contributed by atoms with E-state index >= 15 is 0 Å². The van der Waals surface area contributed by atoms with Crippen LogP contribution in [-0.2, 0) is 4.79 Å². The molecule has 2 rings (SSSR count). The fourth-order valence-corrected chi connectivity index (χ4v) is 2.92. The van der Waals surface area contributed by atoms with Gasteiger partial charge in [0.25, 0.3) is 0 Å². The maximum absolute atomic E-state index is 12.1. The molecule has 0 aromatic carbocycles. The maximum Gasteiger partial charge on any atom is 0.237 e. The number of nitrogens with zero attached hydrogens (tertiary/aromatic N) is 1. The van der Waals surface area contributed by atoms with Crippen LogP contribution < -0.4 is 5.32 Å². The topological polar surface area (TPSA) is 52.6 Å². The molecule has 1 aliphatic heterocycles. The second-order valence-electron chi connectivity index (χ2n) is 5.50. The monoisotopic (exact) mass is 240 g/mol. The zero-order valence-electron chi connectivity index (χ0n) is 10.7. The number of aliphatic hydroxyl groups excluding tert-OH is 1. The third-order valence-corrected chi connectivity index (χ3v) is 4.20. The Balaban J connectivity index is 1.78. The molecule has 1 aliphatic carbocycles. The molecular weight excluding hydrogens is 216 g/mol. The highest BCUT2D eigenvalue weighted by molar-refractivity contribution is 5.81. The van der Waals surface area contributed by atoms with Gasteiger partial charge in [-0.15, -0.1) is 0 Å². The molecule has 0 aromatic heterocycles. The Bertz CT molecular complexity index is 264. The number of aliphatic hydroxyl groups is 1. The van der Waals surface area contributed by atoms with Crippen LogP contribution in [0.3, 0.4) is 0 Å². The number of carbonyl (C=O) groups is 1. The van der Waals surface area contributed by atoms with E-state index in [4.69, 9.17) is 5.11 Å². The molecule has 1 saturated heterocycles. The van der Waals surface area contributed by atoms with Crippen LogP contribution in [0.15, 0.2) is 0 Å². The molecule has 0 spiro atoms. The number of likely N-dealkylation sites (tertiary alicyclic amines) is 1. The normalized spacial score (nSPS) is 28.5. The van der Waals surface area contributed by atoms with Crippen LogP contribution in [0.25, 0.3) is 0 Å². The second kappa shape index (κ2) is 5.83. The average Bonchev–Trinajstić information content (AvgIpc) is 2.98. The Hall–Kier alpha value is -0.610. The van der Waals surface area contributed by atoms with Crippen molar-refractivity contribution in [3.63, 3.8) is 0 Å². The first kappa shape index (κ1) is 12.8. The highest BCUT2D eigenvalue weighted by Crippen LogP contribution is 2.20. The SMILES string of the molecule is CC(C(=O)NC1CCCC1)N1CCC(CO)C1. The van der Waals surface area contributed by atoms with Crippen LogP contribution >= 0.6 is 0 Å². The van der Waals surface area contributed by atoms with Gasteiger partial charge in [-0.2, -0.15) is 0 Å². The molecule has 0 radical (unpaired) electrons. The lowest BCUT2D eigenvalue weighted by molar-refractivity contribution is -0.126. The molecule has 1 amide bonds. The van der Waals surface area contributed by atoms with Crippen LogP contribution in [0.4, 0.5) is 0 Å². The van der Waals surface area contributed by atoms with Gasteiger partial charge in [0, 0.05) is 19.2 Å². The Morgan fingerprint density at radius 1 is 1.41 bits per heavy atom. The van der Waals surface area contributed by atoms with Crippen LogP contribution in [0.5, 0.6) is 0 Å². The zero-order valence-corrected chi connectivity index (χ0v) is 10.7. The number of hydrogen-bond acceptors (Lipinski definition) is 3. The molecule has 2 fully saturated rings. The molecule has 2 unspecified atom stereocenters. The summed E-state index contributed by atoms with van der Waals surface area (Å²) in [6.07, 6.45) is 5.78. The number of hydrogen-bond donors (Lipinski definition) is 2. The van der Waals surface area contributed by atoms with Crippen molar-refractivity contribution in [3.05, 3.63) is 0 Å². The van der Waals surface area contributed by atoms with Crippen molar-refractivity contribution >= 4 is 5.91 Å². The lowest BCUT2D eigenvalue weighted by Crippen LogP contribution is -2.47. The molecular formula is C13H24N2O2. The number of amides is 1. The van der Waals surface area contributed by atoms with E-state index in [9.17, 15) is 4.79 Å². The van der Waals surface area contributed by atoms with E-state index in [1.54, 1.807) is 0 Å². The molecule has 2 aliphatic rings. The van der Waals surface area contributed by atoms with Crippen LogP contribution in [-0.4, -0.2) is 47.7 Å². The first-order valence-corrected chi connectivity index (χ1v) is 6.86. The van der Waals surface area contributed by atoms with Crippen molar-refractivity contribution < 1.29 is 9.90 Å². The third kappa shape index (κ3) is 3.19. The standard InChI is InChI=1S/C13H24N2O2/c1-10(15-7-6-11(8-15)9-16)13(17)14-12-4-2-3-5-12/h10-12,16H,2-9H2,1H3,(H,14,17). The molecule has 1 heterocycles. The van der Waals surface area contributed by atoms with E-state index < -0.39 is 0 Å². The Labute approximate surface area is 103 Å². The first-order valence-electron chi connectivity index (χ1n) is 6.86. The Morgan fingerprint density at radius 2 is 2.12 bits per heavy atom. The van der Waals surface area contributed by atoms with Crippen molar-refractivity contribution in [2.24, 2.45) is 5.92 Å². The lowest BCUT2D eigenvalue weighted by atomic mass is 10.1. The van der Waals surface area contributed by atoms with Crippen LogP contribution in [0, 0.1) is 5.92 Å². The van der Waals surface area contributed by atoms with Crippen molar-refractivity contribution in [1.29, 1.82) is 0 Å². The van der Waals surface area contributed by atoms with Gasteiger partial charge in [0.1, 0.15) is 0 Å². The average molecular weight is 240 g/mol. The largest absolute Gasteiger partial charge is 0.396 e. The summed E-state index contributed by atoms with van der Waals surface area (Å²) in [7, 11) is 0. The van der Waals surface area contributed by atoms with E-state index in [0.29, 0.717) is 12.0 Å². The number of carbonyl (C=O) groups excluding carboxylic acids is 1. The summed E-state index contributed by atoms with van der Waals surface area (Å²) in [6.45, 7) is 4.01. The van der Waals surface area contributed by atoms with Gasteiger partial charge < -0.3 is 10.4 Å². The minimum Gasteiger partial charge on any atom is -0.396 e. The predicted octanol–water partition coefficient (Wildman–Crippen LogP) is 0.748. The molecule has 1 saturated carbocycles. The molecule has 2 atom stereocenters. The summed E-state index contributed by atoms with van der Waals surface area (Å²) in [4.78, 5) is 14.3. The molecule has 2 N–H and O–H groups in total. The van der Waals surface area contributed by atoms with E-state index in [-0.39, 0.29) is 18.6 Å². The minimum absolute atomic E-state index is 0.0489. The van der Waals surface area contributed by atoms with Gasteiger partial charge in [0.2, 0.25) is 5.91 Å². The molecule has 0 aromatic rings. The molecule has 4 heteroatoms. The predicted molar refractivity (Wildman–Crippen MR) is 66.6 cm³/mol. The van der Waals surface area contributed by atoms with Crippen LogP contribution in [0.2, 0.25) is 0 Å². The highest BCUT2D eigenvalue weighted by Gasteiger charge is 2.30. The van der Waals surface area contributed by atoms with Gasteiger partial charge in [-0.25, -0.2) is 0 Å². The zero-order chi connectivity index (χ0) is 12.3. The van der Waals surface area contributed by atoms with Gasteiger partial charge in [-0.05, 0) is 38.6 Å². The van der Waals surface area contributed by atoms with Crippen molar-refractivity contribution in [2.45, 2.75) is 51.1 Å². The Kier molecular flexibility index (Phi) is 4.40. The van der Waals surface area contributed by atoms with E-state index in [0.717, 1.165) is 32.4 Å². The number of rotatable bonds is 4. The van der Waals surface area contributed by atoms with E-state index in [1.165, 1.54) is 12.8 Å². The van der Waals surface area contributed by atoms with Gasteiger partial charge in [0.05, 0.1) is 6.04 Å². The molecule has 4 nitrogen and oxygen atoms in total. The maximum atomic E-state index is 12.1. The lowest BCUT2D eigenvalue weighted by Gasteiger charge is -2.25. The summed E-state index contributed by atoms with van der Waals surface area (Å²) < 4.78 is 0. The number of nitrogens with one attached hydrogen (secondary N) is 1. The summed E-state index contributed by atoms with van der Waals surface area (Å²) in [6, 6.07) is 0.355. The smallest absolute Gasteiger partial charge is 0.237 e. The summed E-state index contributed by atoms with van der Waals surface area (Å²) in [5.74, 6) is 0.521. The fraction of sp³-hybridized carbons (Fsp3) is 0.923. The summed E-state index contributed by atoms with van der Waals surface area (Å²) in [5.41, 5.74) is 0. The highest BCUT2D eigenvalue weighted by atomic mass is 16.3. The summed E-state index contributed by atoms with van der Waals surface area (Å²) >= 11 is 0. The van der Waals surface area contributed by atoms with Crippen LogP contribution in [0.1, 0.15) is 39.0 Å². The van der Waals surface area contributed by atoms with Crippen molar-refractivity contribution in [2.75, 3.05) is 19.7 Å². The molecule has 0 bridgehead atoms. The minimum atomic E-state index is -0.0489. The fourth-order valence-electron chi connectivity index (χ4n) is 2.92.